The van der Waals surface area contributed by atoms with Gasteiger partial charge in [0.1, 0.15) is 0 Å². The van der Waals surface area contributed by atoms with Gasteiger partial charge in [-0.3, -0.25) is 0 Å². The molecule has 0 aliphatic heterocycles. The summed E-state index contributed by atoms with van der Waals surface area (Å²) in [7, 11) is 0. The number of hydrogen-bond acceptors (Lipinski definition) is 2. The molecule has 0 bridgehead atoms. The summed E-state index contributed by atoms with van der Waals surface area (Å²) < 4.78 is 11.3. The van der Waals surface area contributed by atoms with Crippen LogP contribution in [-0.2, 0) is 9.47 Å². The highest BCUT2D eigenvalue weighted by molar-refractivity contribution is 5.17. The van der Waals surface area contributed by atoms with E-state index < -0.39 is 0 Å². The van der Waals surface area contributed by atoms with Gasteiger partial charge in [0.15, 0.2) is 0 Å². The summed E-state index contributed by atoms with van der Waals surface area (Å²) in [5.74, 6) is 2.22. The van der Waals surface area contributed by atoms with E-state index in [1.165, 1.54) is 12.8 Å². The second-order valence-corrected chi connectivity index (χ2v) is 4.17. The Balaban J connectivity index is 2.21. The maximum Gasteiger partial charge on any atom is 0.0965 e. The molecule has 0 saturated heterocycles. The molecule has 0 atom stereocenters. The van der Waals surface area contributed by atoms with Crippen molar-refractivity contribution in [3.63, 3.8) is 0 Å². The minimum absolute atomic E-state index is 0.849. The first kappa shape index (κ1) is 13.1. The molecule has 1 rings (SSSR count). The smallest absolute Gasteiger partial charge is 0.0965 e. The number of allylic oxidation sites excluding steroid dienone is 4. The van der Waals surface area contributed by atoms with Crippen molar-refractivity contribution in [1.29, 1.82) is 0 Å². The van der Waals surface area contributed by atoms with Gasteiger partial charge in [0, 0.05) is 12.8 Å². The Bertz CT molecular complexity index is 215. The van der Waals surface area contributed by atoms with Gasteiger partial charge in [-0.05, 0) is 25.0 Å². The van der Waals surface area contributed by atoms with Crippen LogP contribution in [-0.4, -0.2) is 13.2 Å². The first-order valence-electron chi connectivity index (χ1n) is 6.52. The van der Waals surface area contributed by atoms with Gasteiger partial charge < -0.3 is 9.47 Å². The Hall–Kier alpha value is -0.920. The number of rotatable bonds is 8. The molecule has 0 saturated carbocycles. The van der Waals surface area contributed by atoms with Gasteiger partial charge in [0.2, 0.25) is 0 Å². The van der Waals surface area contributed by atoms with E-state index >= 15 is 0 Å². The van der Waals surface area contributed by atoms with E-state index in [1.807, 2.05) is 0 Å². The third-order valence-corrected chi connectivity index (χ3v) is 2.64. The maximum absolute atomic E-state index is 5.66. The molecular weight excluding hydrogens is 200 g/mol. The van der Waals surface area contributed by atoms with Crippen molar-refractivity contribution in [3.05, 3.63) is 23.7 Å². The van der Waals surface area contributed by atoms with Crippen LogP contribution < -0.4 is 0 Å². The van der Waals surface area contributed by atoms with E-state index in [2.05, 4.69) is 26.0 Å². The van der Waals surface area contributed by atoms with Crippen molar-refractivity contribution >= 4 is 0 Å². The Morgan fingerprint density at radius 2 is 1.31 bits per heavy atom. The standard InChI is InChI=1S/C14H24O2/c1-3-5-11-15-13-7-9-14(10-8-13)16-12-6-4-2/h7,9H,3-6,8,10-12H2,1-2H3. The Morgan fingerprint density at radius 1 is 0.875 bits per heavy atom. The van der Waals surface area contributed by atoms with E-state index in [1.54, 1.807) is 0 Å². The zero-order valence-electron chi connectivity index (χ0n) is 10.6. The number of unbranched alkanes of at least 4 members (excludes halogenated alkanes) is 2. The average molecular weight is 224 g/mol. The van der Waals surface area contributed by atoms with Crippen LogP contribution in [0.2, 0.25) is 0 Å². The minimum atomic E-state index is 0.849. The third kappa shape index (κ3) is 5.24. The molecular formula is C14H24O2. The summed E-state index contributed by atoms with van der Waals surface area (Å²) in [5.41, 5.74) is 0. The second-order valence-electron chi connectivity index (χ2n) is 4.17. The van der Waals surface area contributed by atoms with E-state index in [4.69, 9.17) is 9.47 Å². The topological polar surface area (TPSA) is 18.5 Å². The highest BCUT2D eigenvalue weighted by Gasteiger charge is 2.07. The molecule has 2 nitrogen and oxygen atoms in total. The quantitative estimate of drug-likeness (QED) is 0.576. The lowest BCUT2D eigenvalue weighted by Crippen LogP contribution is -2.02. The van der Waals surface area contributed by atoms with Crippen molar-refractivity contribution < 1.29 is 9.47 Å². The summed E-state index contributed by atoms with van der Waals surface area (Å²) in [5, 5.41) is 0. The van der Waals surface area contributed by atoms with Crippen LogP contribution in [0.4, 0.5) is 0 Å². The van der Waals surface area contributed by atoms with Gasteiger partial charge in [-0.15, -0.1) is 0 Å². The normalized spacial score (nSPS) is 15.4. The van der Waals surface area contributed by atoms with Gasteiger partial charge in [0.25, 0.3) is 0 Å². The van der Waals surface area contributed by atoms with Crippen LogP contribution in [0.5, 0.6) is 0 Å². The fourth-order valence-electron chi connectivity index (χ4n) is 1.53. The number of hydrogen-bond donors (Lipinski definition) is 0. The lowest BCUT2D eigenvalue weighted by atomic mass is 10.1. The minimum Gasteiger partial charge on any atom is -0.498 e. The van der Waals surface area contributed by atoms with Crippen molar-refractivity contribution in [2.45, 2.75) is 52.4 Å². The average Bonchev–Trinajstić information content (AvgIpc) is 2.32. The Morgan fingerprint density at radius 3 is 1.62 bits per heavy atom. The molecule has 0 fully saturated rings. The summed E-state index contributed by atoms with van der Waals surface area (Å²) in [6, 6.07) is 0. The van der Waals surface area contributed by atoms with Gasteiger partial charge in [0.05, 0.1) is 24.7 Å². The fourth-order valence-corrected chi connectivity index (χ4v) is 1.53. The largest absolute Gasteiger partial charge is 0.498 e. The van der Waals surface area contributed by atoms with E-state index in [0.29, 0.717) is 0 Å². The van der Waals surface area contributed by atoms with Crippen LogP contribution in [0.1, 0.15) is 52.4 Å². The monoisotopic (exact) mass is 224 g/mol. The predicted molar refractivity (Wildman–Crippen MR) is 67.1 cm³/mol. The van der Waals surface area contributed by atoms with Gasteiger partial charge >= 0.3 is 0 Å². The molecule has 0 unspecified atom stereocenters. The first-order chi connectivity index (χ1) is 7.86. The summed E-state index contributed by atoms with van der Waals surface area (Å²) in [6.45, 7) is 6.06. The number of ether oxygens (including phenoxy) is 2. The highest BCUT2D eigenvalue weighted by Crippen LogP contribution is 2.20. The van der Waals surface area contributed by atoms with Crippen LogP contribution in [0.15, 0.2) is 23.7 Å². The molecule has 16 heavy (non-hydrogen) atoms. The maximum atomic E-state index is 5.66. The lowest BCUT2D eigenvalue weighted by molar-refractivity contribution is 0.172. The fraction of sp³-hybridized carbons (Fsp3) is 0.714. The van der Waals surface area contributed by atoms with Crippen LogP contribution in [0, 0.1) is 0 Å². The van der Waals surface area contributed by atoms with Crippen LogP contribution in [0.3, 0.4) is 0 Å². The van der Waals surface area contributed by atoms with Gasteiger partial charge in [-0.2, -0.15) is 0 Å². The third-order valence-electron chi connectivity index (χ3n) is 2.64. The molecule has 0 N–H and O–H groups in total. The molecule has 0 radical (unpaired) electrons. The molecule has 0 aromatic heterocycles. The molecule has 0 aromatic carbocycles. The van der Waals surface area contributed by atoms with Gasteiger partial charge in [-0.25, -0.2) is 0 Å². The Kier molecular flexibility index (Phi) is 6.78. The van der Waals surface area contributed by atoms with Gasteiger partial charge in [-0.1, -0.05) is 26.7 Å². The second kappa shape index (κ2) is 8.26. The SMILES string of the molecule is CCCCOC1=CC=C(OCCCC)CC1. The van der Waals surface area contributed by atoms with E-state index in [9.17, 15) is 0 Å². The summed E-state index contributed by atoms with van der Waals surface area (Å²) in [4.78, 5) is 0. The van der Waals surface area contributed by atoms with E-state index in [-0.39, 0.29) is 0 Å². The predicted octanol–water partition coefficient (Wildman–Crippen LogP) is 4.18. The zero-order valence-corrected chi connectivity index (χ0v) is 10.6. The van der Waals surface area contributed by atoms with Crippen LogP contribution in [0.25, 0.3) is 0 Å². The molecule has 0 heterocycles. The Labute approximate surface area is 99.3 Å². The molecule has 1 aliphatic rings. The zero-order chi connectivity index (χ0) is 11.6. The summed E-state index contributed by atoms with van der Waals surface area (Å²) >= 11 is 0. The molecule has 0 spiro atoms. The van der Waals surface area contributed by atoms with Crippen LogP contribution >= 0.6 is 0 Å². The molecule has 0 amide bonds. The van der Waals surface area contributed by atoms with Crippen molar-refractivity contribution in [1.82, 2.24) is 0 Å². The molecule has 0 aromatic rings. The highest BCUT2D eigenvalue weighted by atomic mass is 16.5. The first-order valence-corrected chi connectivity index (χ1v) is 6.52. The van der Waals surface area contributed by atoms with Crippen molar-refractivity contribution in [2.24, 2.45) is 0 Å². The van der Waals surface area contributed by atoms with E-state index in [0.717, 1.165) is 50.4 Å². The molecule has 1 aliphatic carbocycles. The molecule has 92 valence electrons. The van der Waals surface area contributed by atoms with Crippen molar-refractivity contribution in [3.8, 4) is 0 Å². The lowest BCUT2D eigenvalue weighted by Gasteiger charge is -2.16. The molecule has 2 heteroatoms. The summed E-state index contributed by atoms with van der Waals surface area (Å²) in [6.07, 6.45) is 10.7. The van der Waals surface area contributed by atoms with Crippen molar-refractivity contribution in [2.75, 3.05) is 13.2 Å².